The first-order chi connectivity index (χ1) is 10.8. The molecule has 1 amide bonds. The van der Waals surface area contributed by atoms with Crippen molar-refractivity contribution in [2.24, 2.45) is 5.73 Å². The zero-order chi connectivity index (χ0) is 16.9. The van der Waals surface area contributed by atoms with Gasteiger partial charge in [-0.25, -0.2) is 4.98 Å². The third kappa shape index (κ3) is 5.62. The molecule has 1 atom stereocenters. The normalized spacial score (nSPS) is 12.7. The van der Waals surface area contributed by atoms with Crippen molar-refractivity contribution in [2.45, 2.75) is 25.4 Å². The van der Waals surface area contributed by atoms with Crippen LogP contribution in [-0.2, 0) is 17.8 Å². The molecule has 2 aromatic rings. The molecule has 4 N–H and O–H groups in total. The van der Waals surface area contributed by atoms with Crippen molar-refractivity contribution in [3.63, 3.8) is 0 Å². The van der Waals surface area contributed by atoms with Gasteiger partial charge >= 0.3 is 6.36 Å². The van der Waals surface area contributed by atoms with Crippen LogP contribution in [0.5, 0.6) is 5.75 Å². The second-order valence-corrected chi connectivity index (χ2v) is 4.80. The van der Waals surface area contributed by atoms with Crippen molar-refractivity contribution < 1.29 is 22.7 Å². The number of aromatic nitrogens is 2. The first kappa shape index (κ1) is 16.8. The zero-order valence-electron chi connectivity index (χ0n) is 11.9. The number of nitrogens with one attached hydrogen (secondary N) is 2. The number of ether oxygens (including phenoxy) is 1. The van der Waals surface area contributed by atoms with Crippen LogP contribution in [0.2, 0.25) is 0 Å². The van der Waals surface area contributed by atoms with E-state index in [1.807, 2.05) is 0 Å². The molecule has 0 fully saturated rings. The molecular weight excluding hydrogens is 313 g/mol. The quantitative estimate of drug-likeness (QED) is 0.749. The Hall–Kier alpha value is -2.55. The van der Waals surface area contributed by atoms with Gasteiger partial charge in [-0.2, -0.15) is 0 Å². The van der Waals surface area contributed by atoms with E-state index in [1.54, 1.807) is 6.20 Å². The van der Waals surface area contributed by atoms with Crippen LogP contribution in [0, 0.1) is 0 Å². The van der Waals surface area contributed by atoms with Gasteiger partial charge in [0, 0.05) is 24.9 Å². The molecule has 0 bridgehead atoms. The van der Waals surface area contributed by atoms with Gasteiger partial charge in [-0.1, -0.05) is 12.1 Å². The largest absolute Gasteiger partial charge is 0.573 e. The summed E-state index contributed by atoms with van der Waals surface area (Å²) in [4.78, 5) is 18.5. The Balaban J connectivity index is 1.82. The fraction of sp³-hybridized carbons (Fsp3) is 0.286. The van der Waals surface area contributed by atoms with E-state index in [2.05, 4.69) is 20.0 Å². The molecule has 0 radical (unpaired) electrons. The molecule has 0 aliphatic heterocycles. The molecule has 6 nitrogen and oxygen atoms in total. The summed E-state index contributed by atoms with van der Waals surface area (Å²) in [7, 11) is 0. The van der Waals surface area contributed by atoms with E-state index in [9.17, 15) is 18.0 Å². The van der Waals surface area contributed by atoms with E-state index in [-0.39, 0.29) is 18.2 Å². The third-order valence-corrected chi connectivity index (χ3v) is 2.96. The number of benzene rings is 1. The standard InChI is InChI=1S/C14H15F3N4O2/c15-14(16,17)23-11-3-1-9(2-4-11)6-20-13(22)12(18)5-10-7-19-8-21-10/h1-4,7-8,12H,5-6,18H2,(H,19,21)(H,20,22). The molecule has 9 heteroatoms. The summed E-state index contributed by atoms with van der Waals surface area (Å²) in [6, 6.07) is 4.48. The summed E-state index contributed by atoms with van der Waals surface area (Å²) < 4.78 is 39.9. The summed E-state index contributed by atoms with van der Waals surface area (Å²) >= 11 is 0. The number of aromatic amines is 1. The maximum absolute atomic E-state index is 12.0. The maximum Gasteiger partial charge on any atom is 0.573 e. The Morgan fingerprint density at radius 1 is 1.35 bits per heavy atom. The third-order valence-electron chi connectivity index (χ3n) is 2.96. The van der Waals surface area contributed by atoms with Gasteiger partial charge in [0.05, 0.1) is 12.4 Å². The zero-order valence-corrected chi connectivity index (χ0v) is 11.9. The second-order valence-electron chi connectivity index (χ2n) is 4.80. The van der Waals surface area contributed by atoms with Gasteiger partial charge in [0.15, 0.2) is 0 Å². The number of alkyl halides is 3. The molecule has 0 aliphatic carbocycles. The number of hydrogen-bond acceptors (Lipinski definition) is 4. The Labute approximate surface area is 129 Å². The number of H-pyrrole nitrogens is 1. The lowest BCUT2D eigenvalue weighted by atomic mass is 10.1. The van der Waals surface area contributed by atoms with Gasteiger partial charge < -0.3 is 20.8 Å². The molecule has 1 aromatic carbocycles. The van der Waals surface area contributed by atoms with E-state index in [0.717, 1.165) is 5.69 Å². The summed E-state index contributed by atoms with van der Waals surface area (Å²) in [5.41, 5.74) is 7.13. The molecule has 2 rings (SSSR count). The summed E-state index contributed by atoms with van der Waals surface area (Å²) in [6.07, 6.45) is -1.35. The van der Waals surface area contributed by atoms with Crippen molar-refractivity contribution in [3.05, 3.63) is 48.0 Å². The van der Waals surface area contributed by atoms with Crippen molar-refractivity contribution in [3.8, 4) is 5.75 Å². The van der Waals surface area contributed by atoms with Crippen LogP contribution < -0.4 is 15.8 Å². The average Bonchev–Trinajstić information content (AvgIpc) is 2.97. The van der Waals surface area contributed by atoms with E-state index in [0.29, 0.717) is 12.0 Å². The van der Waals surface area contributed by atoms with Crippen LogP contribution >= 0.6 is 0 Å². The summed E-state index contributed by atoms with van der Waals surface area (Å²) in [6.45, 7) is 0.155. The highest BCUT2D eigenvalue weighted by Gasteiger charge is 2.30. The highest BCUT2D eigenvalue weighted by molar-refractivity contribution is 5.81. The maximum atomic E-state index is 12.0. The average molecular weight is 328 g/mol. The second kappa shape index (κ2) is 7.14. The number of amides is 1. The fourth-order valence-electron chi connectivity index (χ4n) is 1.86. The first-order valence-corrected chi connectivity index (χ1v) is 6.69. The molecular formula is C14H15F3N4O2. The number of carbonyl (C=O) groups excluding carboxylic acids is 1. The number of nitrogens with two attached hydrogens (primary N) is 1. The van der Waals surface area contributed by atoms with Crippen LogP contribution in [0.4, 0.5) is 13.2 Å². The van der Waals surface area contributed by atoms with Gasteiger partial charge in [0.1, 0.15) is 5.75 Å². The molecule has 1 heterocycles. The molecule has 124 valence electrons. The molecule has 0 spiro atoms. The number of imidazole rings is 1. The van der Waals surface area contributed by atoms with Crippen molar-refractivity contribution in [2.75, 3.05) is 0 Å². The van der Waals surface area contributed by atoms with Crippen LogP contribution in [0.25, 0.3) is 0 Å². The smallest absolute Gasteiger partial charge is 0.406 e. The molecule has 1 aromatic heterocycles. The number of rotatable bonds is 6. The molecule has 1 unspecified atom stereocenters. The van der Waals surface area contributed by atoms with Gasteiger partial charge in [-0.15, -0.1) is 13.2 Å². The van der Waals surface area contributed by atoms with Crippen LogP contribution in [0.1, 0.15) is 11.3 Å². The predicted octanol–water partition coefficient (Wildman–Crippen LogP) is 1.49. The fourth-order valence-corrected chi connectivity index (χ4v) is 1.86. The molecule has 0 aliphatic rings. The lowest BCUT2D eigenvalue weighted by Gasteiger charge is -2.12. The molecule has 0 saturated carbocycles. The minimum Gasteiger partial charge on any atom is -0.406 e. The van der Waals surface area contributed by atoms with E-state index < -0.39 is 12.4 Å². The number of hydrogen-bond donors (Lipinski definition) is 3. The lowest BCUT2D eigenvalue weighted by molar-refractivity contribution is -0.274. The van der Waals surface area contributed by atoms with E-state index >= 15 is 0 Å². The SMILES string of the molecule is NC(Cc1cnc[nH]1)C(=O)NCc1ccc(OC(F)(F)F)cc1. The van der Waals surface area contributed by atoms with E-state index in [4.69, 9.17) is 5.73 Å². The van der Waals surface area contributed by atoms with Crippen LogP contribution in [0.15, 0.2) is 36.8 Å². The minimum atomic E-state index is -4.73. The topological polar surface area (TPSA) is 93.0 Å². The number of carbonyl (C=O) groups is 1. The van der Waals surface area contributed by atoms with Gasteiger partial charge in [0.25, 0.3) is 0 Å². The van der Waals surface area contributed by atoms with Crippen molar-refractivity contribution >= 4 is 5.91 Å². The van der Waals surface area contributed by atoms with Gasteiger partial charge in [0.2, 0.25) is 5.91 Å². The predicted molar refractivity (Wildman–Crippen MR) is 75.2 cm³/mol. The monoisotopic (exact) mass is 328 g/mol. The van der Waals surface area contributed by atoms with Crippen LogP contribution in [-0.4, -0.2) is 28.3 Å². The Bertz CT molecular complexity index is 626. The van der Waals surface area contributed by atoms with Crippen molar-refractivity contribution in [1.29, 1.82) is 0 Å². The molecule has 23 heavy (non-hydrogen) atoms. The Kier molecular flexibility index (Phi) is 5.22. The summed E-state index contributed by atoms with van der Waals surface area (Å²) in [5, 5.41) is 2.62. The van der Waals surface area contributed by atoms with Crippen molar-refractivity contribution in [1.82, 2.24) is 15.3 Å². The minimum absolute atomic E-state index is 0.155. The van der Waals surface area contributed by atoms with E-state index in [1.165, 1.54) is 30.6 Å². The molecule has 0 saturated heterocycles. The highest BCUT2D eigenvalue weighted by Crippen LogP contribution is 2.22. The summed E-state index contributed by atoms with van der Waals surface area (Å²) in [5.74, 6) is -0.682. The Morgan fingerprint density at radius 3 is 2.61 bits per heavy atom. The lowest BCUT2D eigenvalue weighted by Crippen LogP contribution is -2.41. The van der Waals surface area contributed by atoms with Crippen LogP contribution in [0.3, 0.4) is 0 Å². The highest BCUT2D eigenvalue weighted by atomic mass is 19.4. The van der Waals surface area contributed by atoms with Gasteiger partial charge in [-0.05, 0) is 17.7 Å². The Morgan fingerprint density at radius 2 is 2.04 bits per heavy atom. The van der Waals surface area contributed by atoms with Gasteiger partial charge in [-0.3, -0.25) is 4.79 Å². The number of halogens is 3. The first-order valence-electron chi connectivity index (χ1n) is 6.69. The number of nitrogens with zero attached hydrogens (tertiary/aromatic N) is 1.